The Morgan fingerprint density at radius 1 is 0.929 bits per heavy atom. The Hall–Kier alpha value is -3.38. The van der Waals surface area contributed by atoms with Crippen molar-refractivity contribution >= 4 is 23.0 Å². The topological polar surface area (TPSA) is 129 Å². The van der Waals surface area contributed by atoms with Gasteiger partial charge in [-0.3, -0.25) is 20.2 Å². The maximum absolute atomic E-state index is 10.6. The lowest BCUT2D eigenvalue weighted by Crippen LogP contribution is -1.95. The monoisotopic (exact) mass is 409 g/mol. The summed E-state index contributed by atoms with van der Waals surface area (Å²) >= 11 is 5.76. The second kappa shape index (κ2) is 10.7. The average molecular weight is 410 g/mol. The Labute approximate surface area is 167 Å². The zero-order valence-corrected chi connectivity index (χ0v) is 15.7. The van der Waals surface area contributed by atoms with E-state index in [0.717, 1.165) is 0 Å². The first-order chi connectivity index (χ1) is 12.7. The van der Waals surface area contributed by atoms with Gasteiger partial charge in [0.25, 0.3) is 11.4 Å². The maximum atomic E-state index is 10.6. The van der Waals surface area contributed by atoms with Crippen LogP contribution in [0.2, 0.25) is 5.02 Å². The van der Waals surface area contributed by atoms with Crippen molar-refractivity contribution in [2.24, 2.45) is 0 Å². The molecule has 0 aliphatic heterocycles. The van der Waals surface area contributed by atoms with Gasteiger partial charge in [0.2, 0.25) is 0 Å². The fraction of sp³-hybridized carbons (Fsp3) is 0.278. The van der Waals surface area contributed by atoms with Gasteiger partial charge in [-0.2, -0.15) is 5.26 Å². The predicted molar refractivity (Wildman–Crippen MR) is 105 cm³/mol. The van der Waals surface area contributed by atoms with Crippen LogP contribution in [0, 0.1) is 45.4 Å². The fourth-order valence-electron chi connectivity index (χ4n) is 2.13. The highest BCUT2D eigenvalue weighted by atomic mass is 35.5. The third-order valence-corrected chi connectivity index (χ3v) is 3.80. The van der Waals surface area contributed by atoms with Gasteiger partial charge in [-0.15, -0.1) is 0 Å². The van der Waals surface area contributed by atoms with Crippen LogP contribution < -0.4 is 9.47 Å². The molecule has 0 atom stereocenters. The van der Waals surface area contributed by atoms with Gasteiger partial charge >= 0.3 is 0 Å². The summed E-state index contributed by atoms with van der Waals surface area (Å²) in [5, 5.41) is 30.1. The molecular weight excluding hydrogens is 390 g/mol. The lowest BCUT2D eigenvalue weighted by atomic mass is 10.1. The van der Waals surface area contributed by atoms with Gasteiger partial charge in [0, 0.05) is 11.1 Å². The summed E-state index contributed by atoms with van der Waals surface area (Å²) in [6.07, 6.45) is 0. The molecule has 0 saturated carbocycles. The molecule has 0 aliphatic rings. The van der Waals surface area contributed by atoms with E-state index in [4.69, 9.17) is 26.3 Å². The van der Waals surface area contributed by atoms with Gasteiger partial charge in [0.15, 0.2) is 0 Å². The van der Waals surface area contributed by atoms with Crippen molar-refractivity contribution in [1.82, 2.24) is 0 Å². The molecule has 9 nitrogen and oxygen atoms in total. The van der Waals surface area contributed by atoms with Gasteiger partial charge in [-0.1, -0.05) is 19.0 Å². The van der Waals surface area contributed by atoms with E-state index in [1.807, 2.05) is 6.07 Å². The zero-order chi connectivity index (χ0) is 20.7. The van der Waals surface area contributed by atoms with E-state index in [2.05, 4.69) is 0 Å². The molecule has 0 aromatic heterocycles. The maximum Gasteiger partial charge on any atom is 0.276 e. The Morgan fingerprint density at radius 2 is 1.36 bits per heavy atom. The number of nitrogens with zero attached hydrogens (tertiary/aromatic N) is 3. The largest absolute Gasteiger partial charge is 0.495 e. The molecule has 2 aromatic rings. The molecule has 0 saturated heterocycles. The van der Waals surface area contributed by atoms with E-state index in [1.165, 1.54) is 38.5 Å². The summed E-state index contributed by atoms with van der Waals surface area (Å²) in [5.41, 5.74) is 1.25. The van der Waals surface area contributed by atoms with E-state index in [0.29, 0.717) is 27.5 Å². The quantitative estimate of drug-likeness (QED) is 0.513. The second-order valence-corrected chi connectivity index (χ2v) is 5.65. The van der Waals surface area contributed by atoms with Gasteiger partial charge in [-0.25, -0.2) is 0 Å². The molecule has 150 valence electrons. The SMILES string of the molecule is C.COc1cc([N+](=O)[O-])c(C)cc1C#N.COc1cc([N+](=O)[O-])c(C)cc1Cl. The van der Waals surface area contributed by atoms with Crippen molar-refractivity contribution < 1.29 is 19.3 Å². The van der Waals surface area contributed by atoms with E-state index in [-0.39, 0.29) is 24.6 Å². The van der Waals surface area contributed by atoms with Crippen LogP contribution >= 0.6 is 11.6 Å². The number of methoxy groups -OCH3 is 2. The molecular formula is C18H20ClN3O6. The van der Waals surface area contributed by atoms with Crippen molar-refractivity contribution in [2.75, 3.05) is 14.2 Å². The summed E-state index contributed by atoms with van der Waals surface area (Å²) in [7, 11) is 2.79. The Kier molecular flexibility index (Phi) is 9.40. The molecule has 2 rings (SSSR count). The third kappa shape index (κ3) is 5.82. The summed E-state index contributed by atoms with van der Waals surface area (Å²) in [5.74, 6) is 0.545. The van der Waals surface area contributed by atoms with E-state index < -0.39 is 9.85 Å². The number of hydrogen-bond donors (Lipinski definition) is 0. The number of aryl methyl sites for hydroxylation is 2. The number of nitriles is 1. The van der Waals surface area contributed by atoms with Crippen molar-refractivity contribution in [2.45, 2.75) is 21.3 Å². The lowest BCUT2D eigenvalue weighted by molar-refractivity contribution is -0.385. The predicted octanol–water partition coefficient (Wildman–Crippen LogP) is 4.98. The molecule has 28 heavy (non-hydrogen) atoms. The normalized spacial score (nSPS) is 9.14. The van der Waals surface area contributed by atoms with E-state index >= 15 is 0 Å². The van der Waals surface area contributed by atoms with Crippen LogP contribution in [0.5, 0.6) is 11.5 Å². The number of nitro benzene ring substituents is 2. The Bertz CT molecular complexity index is 925. The lowest BCUT2D eigenvalue weighted by Gasteiger charge is -2.03. The molecule has 2 aromatic carbocycles. The van der Waals surface area contributed by atoms with Crippen molar-refractivity contribution in [3.05, 3.63) is 66.2 Å². The van der Waals surface area contributed by atoms with E-state index in [1.54, 1.807) is 13.8 Å². The summed E-state index contributed by atoms with van der Waals surface area (Å²) in [6, 6.07) is 7.43. The van der Waals surface area contributed by atoms with Gasteiger partial charge in [0.1, 0.15) is 17.6 Å². The zero-order valence-electron chi connectivity index (χ0n) is 15.0. The van der Waals surface area contributed by atoms with Crippen molar-refractivity contribution in [1.29, 1.82) is 5.26 Å². The number of halogens is 1. The Morgan fingerprint density at radius 3 is 1.75 bits per heavy atom. The number of hydrogen-bond acceptors (Lipinski definition) is 7. The third-order valence-electron chi connectivity index (χ3n) is 3.50. The van der Waals surface area contributed by atoms with Crippen molar-refractivity contribution in [3.8, 4) is 17.6 Å². The molecule has 0 fully saturated rings. The first-order valence-corrected chi connectivity index (χ1v) is 7.75. The van der Waals surface area contributed by atoms with Gasteiger partial charge in [-0.05, 0) is 26.0 Å². The Balaban J connectivity index is 0.000000504. The van der Waals surface area contributed by atoms with Crippen LogP contribution in [0.4, 0.5) is 11.4 Å². The molecule has 0 radical (unpaired) electrons. The summed E-state index contributed by atoms with van der Waals surface area (Å²) < 4.78 is 9.71. The number of ether oxygens (including phenoxy) is 2. The highest BCUT2D eigenvalue weighted by molar-refractivity contribution is 6.32. The average Bonchev–Trinajstić information content (AvgIpc) is 2.61. The molecule has 0 amide bonds. The molecule has 0 unspecified atom stereocenters. The van der Waals surface area contributed by atoms with Gasteiger partial charge < -0.3 is 9.47 Å². The van der Waals surface area contributed by atoms with Gasteiger partial charge in [0.05, 0.1) is 46.8 Å². The van der Waals surface area contributed by atoms with Crippen LogP contribution in [0.25, 0.3) is 0 Å². The second-order valence-electron chi connectivity index (χ2n) is 5.24. The first kappa shape index (κ1) is 24.6. The molecule has 10 heteroatoms. The standard InChI is InChI=1S/C9H8N2O3.C8H8ClNO3.CH4/c1-6-3-7(5-10)9(14-2)4-8(6)11(12)13;1-5-3-6(9)8(13-2)4-7(5)10(11)12;/h3-4H,1-2H3;3-4H,1-2H3;1H4. The summed E-state index contributed by atoms with van der Waals surface area (Å²) in [6.45, 7) is 3.21. The van der Waals surface area contributed by atoms with Crippen molar-refractivity contribution in [3.63, 3.8) is 0 Å². The molecule has 0 spiro atoms. The highest BCUT2D eigenvalue weighted by Crippen LogP contribution is 2.31. The minimum atomic E-state index is -0.501. The van der Waals surface area contributed by atoms with Crippen LogP contribution in [0.1, 0.15) is 24.1 Å². The smallest absolute Gasteiger partial charge is 0.276 e. The number of rotatable bonds is 4. The first-order valence-electron chi connectivity index (χ1n) is 7.37. The van der Waals surface area contributed by atoms with Crippen LogP contribution in [0.3, 0.4) is 0 Å². The molecule has 0 bridgehead atoms. The van der Waals surface area contributed by atoms with Crippen LogP contribution in [-0.2, 0) is 0 Å². The number of benzene rings is 2. The minimum absolute atomic E-state index is 0. The molecule has 0 heterocycles. The molecule has 0 N–H and O–H groups in total. The van der Waals surface area contributed by atoms with E-state index in [9.17, 15) is 20.2 Å². The molecule has 0 aliphatic carbocycles. The highest BCUT2D eigenvalue weighted by Gasteiger charge is 2.15. The van der Waals surface area contributed by atoms with Crippen LogP contribution in [-0.4, -0.2) is 24.1 Å². The minimum Gasteiger partial charge on any atom is -0.495 e. The fourth-order valence-corrected chi connectivity index (χ4v) is 2.42. The van der Waals surface area contributed by atoms with Crippen LogP contribution in [0.15, 0.2) is 24.3 Å². The summed E-state index contributed by atoms with van der Waals surface area (Å²) in [4.78, 5) is 20.1. The number of nitro groups is 2.